The van der Waals surface area contributed by atoms with Crippen molar-refractivity contribution in [3.63, 3.8) is 0 Å². The van der Waals surface area contributed by atoms with Crippen LogP contribution in [0.25, 0.3) is 10.9 Å². The lowest BCUT2D eigenvalue weighted by Crippen LogP contribution is -2.26. The minimum absolute atomic E-state index is 1.00. The fourth-order valence-corrected chi connectivity index (χ4v) is 2.97. The molecule has 0 aliphatic rings. The Morgan fingerprint density at radius 1 is 1.21 bits per heavy atom. The van der Waals surface area contributed by atoms with Gasteiger partial charge in [0, 0.05) is 29.5 Å². The molecule has 0 atom stereocenters. The summed E-state index contributed by atoms with van der Waals surface area (Å²) in [5.41, 5.74) is 3.59. The molecule has 1 aromatic heterocycles. The molecule has 2 aromatic rings. The van der Waals surface area contributed by atoms with E-state index in [9.17, 15) is 0 Å². The zero-order chi connectivity index (χ0) is 13.7. The van der Waals surface area contributed by atoms with E-state index in [-0.39, 0.29) is 0 Å². The van der Waals surface area contributed by atoms with Gasteiger partial charge in [-0.2, -0.15) is 0 Å². The van der Waals surface area contributed by atoms with Crippen molar-refractivity contribution in [1.82, 2.24) is 9.88 Å². The molecule has 0 saturated heterocycles. The first-order valence-electron chi connectivity index (χ1n) is 6.88. The molecule has 0 radical (unpaired) electrons. The lowest BCUT2D eigenvalue weighted by molar-refractivity contribution is 0.284. The highest BCUT2D eigenvalue weighted by Crippen LogP contribution is 2.20. The first-order valence-corrected chi connectivity index (χ1v) is 8.00. The third-order valence-electron chi connectivity index (χ3n) is 3.26. The Balaban J connectivity index is 2.32. The molecule has 0 saturated carbocycles. The molecule has 0 bridgehead atoms. The molecule has 0 unspecified atom stereocenters. The smallest absolute Gasteiger partial charge is 0.0708 e. The predicted molar refractivity (Wildman–Crippen MR) is 85.8 cm³/mol. The molecule has 1 heterocycles. The van der Waals surface area contributed by atoms with E-state index < -0.39 is 0 Å². The third kappa shape index (κ3) is 3.77. The van der Waals surface area contributed by atoms with Crippen molar-refractivity contribution in [1.29, 1.82) is 0 Å². The quantitative estimate of drug-likeness (QED) is 0.743. The number of rotatable bonds is 6. The van der Waals surface area contributed by atoms with Crippen molar-refractivity contribution in [2.75, 3.05) is 18.4 Å². The van der Waals surface area contributed by atoms with Gasteiger partial charge in [0.25, 0.3) is 0 Å². The highest BCUT2D eigenvalue weighted by molar-refractivity contribution is 9.09. The highest BCUT2D eigenvalue weighted by atomic mass is 79.9. The normalized spacial score (nSPS) is 11.4. The van der Waals surface area contributed by atoms with Crippen LogP contribution in [0, 0.1) is 6.92 Å². The van der Waals surface area contributed by atoms with Gasteiger partial charge in [-0.25, -0.2) is 0 Å². The van der Waals surface area contributed by atoms with Gasteiger partial charge in [0.1, 0.15) is 0 Å². The Morgan fingerprint density at radius 3 is 2.74 bits per heavy atom. The van der Waals surface area contributed by atoms with E-state index in [0.717, 1.165) is 36.2 Å². The Labute approximate surface area is 124 Å². The molecule has 102 valence electrons. The lowest BCUT2D eigenvalue weighted by Gasteiger charge is -2.21. The summed E-state index contributed by atoms with van der Waals surface area (Å²) in [5, 5.41) is 2.30. The molecule has 0 aliphatic heterocycles. The molecular formula is C16H21BrN2. The number of aromatic nitrogens is 1. The average Bonchev–Trinajstić information content (AvgIpc) is 2.39. The lowest BCUT2D eigenvalue weighted by atomic mass is 10.1. The van der Waals surface area contributed by atoms with Crippen LogP contribution < -0.4 is 0 Å². The summed E-state index contributed by atoms with van der Waals surface area (Å²) in [4.78, 5) is 7.10. The summed E-state index contributed by atoms with van der Waals surface area (Å²) in [7, 11) is 0. The van der Waals surface area contributed by atoms with Crippen LogP contribution in [-0.2, 0) is 6.54 Å². The van der Waals surface area contributed by atoms with Gasteiger partial charge in [-0.3, -0.25) is 9.88 Å². The molecule has 0 aliphatic carbocycles. The molecule has 0 fully saturated rings. The first-order chi connectivity index (χ1) is 9.24. The third-order valence-corrected chi connectivity index (χ3v) is 3.62. The minimum Gasteiger partial charge on any atom is -0.298 e. The number of alkyl halides is 1. The van der Waals surface area contributed by atoms with Gasteiger partial charge in [-0.15, -0.1) is 0 Å². The van der Waals surface area contributed by atoms with Crippen LogP contribution >= 0.6 is 15.9 Å². The second-order valence-electron chi connectivity index (χ2n) is 4.91. The largest absolute Gasteiger partial charge is 0.298 e. The summed E-state index contributed by atoms with van der Waals surface area (Å²) >= 11 is 3.54. The number of nitrogens with zero attached hydrogens (tertiary/aromatic N) is 2. The number of benzene rings is 1. The Morgan fingerprint density at radius 2 is 2.00 bits per heavy atom. The Bertz CT molecular complexity index is 533. The minimum atomic E-state index is 1.00. The molecule has 0 N–H and O–H groups in total. The van der Waals surface area contributed by atoms with E-state index in [0.29, 0.717) is 0 Å². The maximum atomic E-state index is 4.61. The van der Waals surface area contributed by atoms with Gasteiger partial charge >= 0.3 is 0 Å². The van der Waals surface area contributed by atoms with Crippen molar-refractivity contribution in [3.8, 4) is 0 Å². The number of aryl methyl sites for hydroxylation is 1. The van der Waals surface area contributed by atoms with Crippen LogP contribution in [0.3, 0.4) is 0 Å². The van der Waals surface area contributed by atoms with Crippen LogP contribution in [0.1, 0.15) is 24.6 Å². The summed E-state index contributed by atoms with van der Waals surface area (Å²) in [6.07, 6.45) is 1.19. The van der Waals surface area contributed by atoms with Gasteiger partial charge in [0.2, 0.25) is 0 Å². The first kappa shape index (κ1) is 14.5. The average molecular weight is 321 g/mol. The SMILES string of the molecule is CCCN(CCBr)Cc1cc(C)nc2ccccc12. The van der Waals surface area contributed by atoms with Crippen molar-refractivity contribution < 1.29 is 0 Å². The fraction of sp³-hybridized carbons (Fsp3) is 0.438. The van der Waals surface area contributed by atoms with E-state index in [4.69, 9.17) is 0 Å². The van der Waals surface area contributed by atoms with Gasteiger partial charge in [-0.05, 0) is 37.6 Å². The van der Waals surface area contributed by atoms with E-state index in [1.54, 1.807) is 0 Å². The molecule has 2 rings (SSSR count). The van der Waals surface area contributed by atoms with Crippen LogP contribution in [0.4, 0.5) is 0 Å². The Hall–Kier alpha value is -0.930. The predicted octanol–water partition coefficient (Wildman–Crippen LogP) is 4.15. The van der Waals surface area contributed by atoms with E-state index >= 15 is 0 Å². The highest BCUT2D eigenvalue weighted by Gasteiger charge is 2.08. The van der Waals surface area contributed by atoms with E-state index in [1.165, 1.54) is 17.4 Å². The zero-order valence-corrected chi connectivity index (χ0v) is 13.3. The van der Waals surface area contributed by atoms with Crippen molar-refractivity contribution >= 4 is 26.8 Å². The summed E-state index contributed by atoms with van der Waals surface area (Å²) in [6, 6.07) is 10.6. The van der Waals surface area contributed by atoms with Crippen molar-refractivity contribution in [2.24, 2.45) is 0 Å². The summed E-state index contributed by atoms with van der Waals surface area (Å²) in [5.74, 6) is 0. The second-order valence-corrected chi connectivity index (χ2v) is 5.70. The maximum Gasteiger partial charge on any atom is 0.0708 e. The Kier molecular flexibility index (Phi) is 5.34. The number of para-hydroxylation sites is 1. The molecule has 19 heavy (non-hydrogen) atoms. The summed E-state index contributed by atoms with van der Waals surface area (Å²) < 4.78 is 0. The van der Waals surface area contributed by atoms with E-state index in [2.05, 4.69) is 70.0 Å². The molecule has 0 spiro atoms. The second kappa shape index (κ2) is 7.01. The fourth-order valence-electron chi connectivity index (χ4n) is 2.47. The van der Waals surface area contributed by atoms with Gasteiger partial charge in [0.05, 0.1) is 5.52 Å². The summed E-state index contributed by atoms with van der Waals surface area (Å²) in [6.45, 7) is 7.54. The van der Waals surface area contributed by atoms with Crippen LogP contribution in [-0.4, -0.2) is 28.3 Å². The van der Waals surface area contributed by atoms with Crippen LogP contribution in [0.5, 0.6) is 0 Å². The number of hydrogen-bond acceptors (Lipinski definition) is 2. The monoisotopic (exact) mass is 320 g/mol. The van der Waals surface area contributed by atoms with Crippen molar-refractivity contribution in [2.45, 2.75) is 26.8 Å². The molecular weight excluding hydrogens is 300 g/mol. The van der Waals surface area contributed by atoms with Crippen LogP contribution in [0.2, 0.25) is 0 Å². The van der Waals surface area contributed by atoms with Gasteiger partial charge in [-0.1, -0.05) is 41.1 Å². The number of pyridine rings is 1. The number of hydrogen-bond donors (Lipinski definition) is 0. The van der Waals surface area contributed by atoms with E-state index in [1.807, 2.05) is 0 Å². The van der Waals surface area contributed by atoms with Crippen molar-refractivity contribution in [3.05, 3.63) is 41.6 Å². The van der Waals surface area contributed by atoms with Crippen LogP contribution in [0.15, 0.2) is 30.3 Å². The topological polar surface area (TPSA) is 16.1 Å². The van der Waals surface area contributed by atoms with Gasteiger partial charge in [0.15, 0.2) is 0 Å². The zero-order valence-electron chi connectivity index (χ0n) is 11.7. The molecule has 0 amide bonds. The number of fused-ring (bicyclic) bond motifs is 1. The van der Waals surface area contributed by atoms with Gasteiger partial charge < -0.3 is 0 Å². The molecule has 1 aromatic carbocycles. The molecule has 3 heteroatoms. The standard InChI is InChI=1S/C16H21BrN2/c1-3-9-19(10-8-17)12-14-11-13(2)18-16-7-5-4-6-15(14)16/h4-7,11H,3,8-10,12H2,1-2H3. The molecule has 2 nitrogen and oxygen atoms in total. The maximum absolute atomic E-state index is 4.61. The number of halogens is 1.